The van der Waals surface area contributed by atoms with Gasteiger partial charge in [0.1, 0.15) is 0 Å². The van der Waals surface area contributed by atoms with Gasteiger partial charge in [0.15, 0.2) is 0 Å². The Balaban J connectivity index is 0.00000144. The molecule has 0 atom stereocenters. The molecule has 5 nitrogen and oxygen atoms in total. The van der Waals surface area contributed by atoms with Crippen molar-refractivity contribution < 1.29 is 47.0 Å². The van der Waals surface area contributed by atoms with E-state index in [4.69, 9.17) is 10.2 Å². The molecule has 0 aliphatic carbocycles. The van der Waals surface area contributed by atoms with E-state index in [1.165, 1.54) is 12.1 Å². The zero-order chi connectivity index (χ0) is 11.7. The molecular formula is C12H10O5Ti. The van der Waals surface area contributed by atoms with Crippen LogP contribution in [0.1, 0.15) is 20.7 Å². The van der Waals surface area contributed by atoms with Gasteiger partial charge in [0, 0.05) is 21.7 Å². The zero-order valence-corrected chi connectivity index (χ0v) is 10.7. The van der Waals surface area contributed by atoms with Crippen molar-refractivity contribution in [3.05, 3.63) is 47.5 Å². The second kappa shape index (κ2) is 6.30. The molecule has 2 rings (SSSR count). The number of fused-ring (bicyclic) bond motifs is 1. The van der Waals surface area contributed by atoms with Gasteiger partial charge in [0.25, 0.3) is 0 Å². The third-order valence-electron chi connectivity index (χ3n) is 2.34. The number of aromatic carboxylic acids is 2. The van der Waals surface area contributed by atoms with Gasteiger partial charge in [-0.2, -0.15) is 0 Å². The van der Waals surface area contributed by atoms with Crippen LogP contribution >= 0.6 is 0 Å². The summed E-state index contributed by atoms with van der Waals surface area (Å²) in [6.07, 6.45) is 0. The summed E-state index contributed by atoms with van der Waals surface area (Å²) >= 11 is 0. The fourth-order valence-corrected chi connectivity index (χ4v) is 1.61. The maximum Gasteiger partial charge on any atom is 0.336 e. The molecule has 0 amide bonds. The van der Waals surface area contributed by atoms with Gasteiger partial charge in [-0.3, -0.25) is 0 Å². The Morgan fingerprint density at radius 3 is 2.11 bits per heavy atom. The number of carboxylic acid groups (broad SMARTS) is 2. The van der Waals surface area contributed by atoms with Gasteiger partial charge in [-0.1, -0.05) is 24.3 Å². The summed E-state index contributed by atoms with van der Waals surface area (Å²) in [7, 11) is 0. The van der Waals surface area contributed by atoms with E-state index in [2.05, 4.69) is 0 Å². The number of carbonyl (C=O) groups is 2. The van der Waals surface area contributed by atoms with Gasteiger partial charge < -0.3 is 15.7 Å². The number of benzene rings is 2. The van der Waals surface area contributed by atoms with Crippen LogP contribution in [0.5, 0.6) is 0 Å². The Hall–Kier alpha value is -1.69. The van der Waals surface area contributed by atoms with Gasteiger partial charge in [-0.25, -0.2) is 9.59 Å². The van der Waals surface area contributed by atoms with Crippen LogP contribution in [-0.4, -0.2) is 27.6 Å². The molecule has 0 fully saturated rings. The first-order chi connectivity index (χ1) is 7.59. The van der Waals surface area contributed by atoms with E-state index in [0.29, 0.717) is 10.8 Å². The summed E-state index contributed by atoms with van der Waals surface area (Å²) in [5.74, 6) is -2.26. The van der Waals surface area contributed by atoms with Crippen molar-refractivity contribution in [3.63, 3.8) is 0 Å². The molecule has 0 radical (unpaired) electrons. The zero-order valence-electron chi connectivity index (χ0n) is 9.18. The minimum absolute atomic E-state index is 0. The van der Waals surface area contributed by atoms with E-state index < -0.39 is 11.9 Å². The van der Waals surface area contributed by atoms with E-state index in [1.54, 1.807) is 24.3 Å². The largest absolute Gasteiger partial charge is 0.478 e. The molecule has 0 aliphatic rings. The van der Waals surface area contributed by atoms with Gasteiger partial charge in [-0.15, -0.1) is 0 Å². The van der Waals surface area contributed by atoms with Crippen molar-refractivity contribution in [2.45, 2.75) is 0 Å². The Morgan fingerprint density at radius 1 is 0.944 bits per heavy atom. The van der Waals surface area contributed by atoms with Crippen LogP contribution in [0.3, 0.4) is 0 Å². The maximum absolute atomic E-state index is 11.0. The number of rotatable bonds is 2. The molecule has 92 valence electrons. The van der Waals surface area contributed by atoms with Crippen molar-refractivity contribution in [2.75, 3.05) is 0 Å². The minimum Gasteiger partial charge on any atom is -0.478 e. The van der Waals surface area contributed by atoms with Crippen LogP contribution in [0.2, 0.25) is 0 Å². The van der Waals surface area contributed by atoms with Crippen molar-refractivity contribution in [1.82, 2.24) is 0 Å². The SMILES string of the molecule is O.O=C(O)c1cc(C(=O)O)c2ccccc2c1.[Ti]. The molecule has 0 aromatic heterocycles. The van der Waals surface area contributed by atoms with Crippen LogP contribution < -0.4 is 0 Å². The standard InChI is InChI=1S/C12H8O4.H2O.Ti/c13-11(14)8-5-7-3-1-2-4-9(7)10(6-8)12(15)16;;/h1-6H,(H,13,14)(H,15,16);1H2;. The average molecular weight is 282 g/mol. The van der Waals surface area contributed by atoms with Crippen molar-refractivity contribution in [2.24, 2.45) is 0 Å². The Labute approximate surface area is 117 Å². The fourth-order valence-electron chi connectivity index (χ4n) is 1.61. The molecule has 2 aromatic carbocycles. The third-order valence-corrected chi connectivity index (χ3v) is 2.34. The molecule has 0 saturated carbocycles. The van der Waals surface area contributed by atoms with E-state index in [0.717, 1.165) is 0 Å². The molecule has 0 spiro atoms. The van der Waals surface area contributed by atoms with Crippen molar-refractivity contribution in [3.8, 4) is 0 Å². The first kappa shape index (κ1) is 16.3. The van der Waals surface area contributed by atoms with Crippen LogP contribution in [0.25, 0.3) is 10.8 Å². The monoisotopic (exact) mass is 282 g/mol. The summed E-state index contributed by atoms with van der Waals surface area (Å²) in [6, 6.07) is 9.44. The van der Waals surface area contributed by atoms with Crippen LogP contribution in [0.15, 0.2) is 36.4 Å². The number of hydrogen-bond donors (Lipinski definition) is 2. The summed E-state index contributed by atoms with van der Waals surface area (Å²) in [5, 5.41) is 19.0. The summed E-state index contributed by atoms with van der Waals surface area (Å²) in [6.45, 7) is 0. The first-order valence-electron chi connectivity index (χ1n) is 4.59. The van der Waals surface area contributed by atoms with Gasteiger partial charge in [-0.05, 0) is 22.9 Å². The number of hydrogen-bond acceptors (Lipinski definition) is 2. The second-order valence-electron chi connectivity index (χ2n) is 3.36. The predicted molar refractivity (Wildman–Crippen MR) is 61.5 cm³/mol. The second-order valence-corrected chi connectivity index (χ2v) is 3.36. The molecule has 0 unspecified atom stereocenters. The normalized spacial score (nSPS) is 9.11. The molecule has 6 heteroatoms. The van der Waals surface area contributed by atoms with E-state index in [9.17, 15) is 9.59 Å². The van der Waals surface area contributed by atoms with Crippen LogP contribution in [0, 0.1) is 0 Å². The topological polar surface area (TPSA) is 106 Å². The predicted octanol–water partition coefficient (Wildman–Crippen LogP) is 1.41. The van der Waals surface area contributed by atoms with Gasteiger partial charge in [0.05, 0.1) is 11.1 Å². The Bertz CT molecular complexity index is 594. The maximum atomic E-state index is 11.0. The van der Waals surface area contributed by atoms with Crippen molar-refractivity contribution >= 4 is 22.7 Å². The molecule has 0 saturated heterocycles. The van der Waals surface area contributed by atoms with E-state index in [1.807, 2.05) is 0 Å². The average Bonchev–Trinajstić information content (AvgIpc) is 2.27. The van der Waals surface area contributed by atoms with E-state index in [-0.39, 0.29) is 38.3 Å². The molecule has 0 aliphatic heterocycles. The smallest absolute Gasteiger partial charge is 0.336 e. The Kier molecular flexibility index (Phi) is 5.71. The summed E-state index contributed by atoms with van der Waals surface area (Å²) in [4.78, 5) is 21.8. The fraction of sp³-hybridized carbons (Fsp3) is 0. The van der Waals surface area contributed by atoms with Gasteiger partial charge >= 0.3 is 11.9 Å². The molecule has 2 aromatic rings. The van der Waals surface area contributed by atoms with Crippen molar-refractivity contribution in [1.29, 1.82) is 0 Å². The van der Waals surface area contributed by atoms with E-state index >= 15 is 0 Å². The quantitative estimate of drug-likeness (QED) is 0.812. The Morgan fingerprint density at radius 2 is 1.56 bits per heavy atom. The van der Waals surface area contributed by atoms with Crippen LogP contribution in [0.4, 0.5) is 0 Å². The molecule has 0 bridgehead atoms. The number of carboxylic acids is 2. The van der Waals surface area contributed by atoms with Crippen LogP contribution in [-0.2, 0) is 21.7 Å². The molecular weight excluding hydrogens is 272 g/mol. The molecule has 0 heterocycles. The first-order valence-corrected chi connectivity index (χ1v) is 4.59. The third kappa shape index (κ3) is 2.95. The summed E-state index contributed by atoms with van der Waals surface area (Å²) in [5.41, 5.74) is -0.00778. The van der Waals surface area contributed by atoms with Gasteiger partial charge in [0.2, 0.25) is 0 Å². The minimum atomic E-state index is -1.13. The molecule has 18 heavy (non-hydrogen) atoms. The molecule has 4 N–H and O–H groups in total. The summed E-state index contributed by atoms with van der Waals surface area (Å²) < 4.78 is 0.